The normalized spacial score (nSPS) is 10.4. The summed E-state index contributed by atoms with van der Waals surface area (Å²) < 4.78 is 12.9. The number of methoxy groups -OCH3 is 1. The van der Waals surface area contributed by atoms with Gasteiger partial charge in [0, 0.05) is 23.8 Å². The first-order chi connectivity index (χ1) is 14.7. The molecule has 0 saturated heterocycles. The SMILES string of the molecule is C=C(C)C(=O)OC.C=CC(=O)OCCCC.C=Cc1ccccc1.O=C1C=CC(=O)O1. The van der Waals surface area contributed by atoms with Crippen molar-refractivity contribution in [3.63, 3.8) is 0 Å². The lowest BCUT2D eigenvalue weighted by Gasteiger charge is -1.97. The van der Waals surface area contributed by atoms with Gasteiger partial charge in [-0.1, -0.05) is 69.5 Å². The molecule has 0 bridgehead atoms. The number of hydrogen-bond donors (Lipinski definition) is 0. The second-order valence-corrected chi connectivity index (χ2v) is 5.69. The molecule has 1 heterocycles. The summed E-state index contributed by atoms with van der Waals surface area (Å²) in [7, 11) is 1.33. The van der Waals surface area contributed by atoms with E-state index in [0.717, 1.165) is 25.0 Å². The lowest BCUT2D eigenvalue weighted by atomic mass is 10.2. The van der Waals surface area contributed by atoms with Crippen molar-refractivity contribution in [2.45, 2.75) is 26.7 Å². The molecule has 0 spiro atoms. The molecule has 0 N–H and O–H groups in total. The third kappa shape index (κ3) is 19.4. The number of unbranched alkanes of at least 4 members (excludes halogenated alkanes) is 1. The van der Waals surface area contributed by atoms with Crippen LogP contribution in [0.1, 0.15) is 32.3 Å². The zero-order valence-electron chi connectivity index (χ0n) is 18.3. The van der Waals surface area contributed by atoms with E-state index in [2.05, 4.69) is 33.9 Å². The molecular weight excluding hydrogens is 400 g/mol. The molecule has 2 rings (SSSR count). The Morgan fingerprint density at radius 3 is 1.87 bits per heavy atom. The number of rotatable bonds is 6. The minimum Gasteiger partial charge on any atom is -0.466 e. The molecule has 7 nitrogen and oxygen atoms in total. The van der Waals surface area contributed by atoms with Crippen molar-refractivity contribution >= 4 is 30.0 Å². The maximum Gasteiger partial charge on any atom is 0.338 e. The number of esters is 4. The highest BCUT2D eigenvalue weighted by atomic mass is 16.6. The Balaban J connectivity index is 0. The molecule has 1 aliphatic heterocycles. The van der Waals surface area contributed by atoms with E-state index >= 15 is 0 Å². The minimum absolute atomic E-state index is 0.330. The van der Waals surface area contributed by atoms with Gasteiger partial charge >= 0.3 is 23.9 Å². The molecule has 0 fully saturated rings. The molecule has 0 atom stereocenters. The molecule has 1 aromatic rings. The molecule has 0 amide bonds. The van der Waals surface area contributed by atoms with Crippen molar-refractivity contribution in [3.05, 3.63) is 79.4 Å². The van der Waals surface area contributed by atoms with E-state index in [1.165, 1.54) is 18.7 Å². The molecule has 168 valence electrons. The summed E-state index contributed by atoms with van der Waals surface area (Å²) in [5, 5.41) is 0. The summed E-state index contributed by atoms with van der Waals surface area (Å²) in [6, 6.07) is 10.0. The molecule has 0 aromatic heterocycles. The van der Waals surface area contributed by atoms with E-state index in [-0.39, 0.29) is 11.9 Å². The number of cyclic esters (lactones) is 2. The number of hydrogen-bond acceptors (Lipinski definition) is 7. The van der Waals surface area contributed by atoms with Crippen molar-refractivity contribution < 1.29 is 33.4 Å². The van der Waals surface area contributed by atoms with Gasteiger partial charge in [0.25, 0.3) is 0 Å². The third-order valence-corrected chi connectivity index (χ3v) is 3.03. The van der Waals surface area contributed by atoms with Crippen molar-refractivity contribution in [1.82, 2.24) is 0 Å². The minimum atomic E-state index is -0.579. The molecular formula is C24H30O7. The van der Waals surface area contributed by atoms with Gasteiger partial charge in [-0.25, -0.2) is 19.2 Å². The zero-order valence-corrected chi connectivity index (χ0v) is 18.3. The van der Waals surface area contributed by atoms with Crippen LogP contribution in [0.15, 0.2) is 73.9 Å². The van der Waals surface area contributed by atoms with Crippen LogP contribution in [0.4, 0.5) is 0 Å². The first kappa shape index (κ1) is 29.5. The van der Waals surface area contributed by atoms with Crippen LogP contribution >= 0.6 is 0 Å². The second kappa shape index (κ2) is 19.6. The van der Waals surface area contributed by atoms with Gasteiger partial charge in [-0.15, -0.1) is 0 Å². The Bertz CT molecular complexity index is 745. The Hall–Kier alpha value is -3.74. The monoisotopic (exact) mass is 430 g/mol. The van der Waals surface area contributed by atoms with Crippen LogP contribution in [0.5, 0.6) is 0 Å². The smallest absolute Gasteiger partial charge is 0.338 e. The van der Waals surface area contributed by atoms with Crippen LogP contribution in [-0.4, -0.2) is 37.6 Å². The van der Waals surface area contributed by atoms with Crippen LogP contribution in [0.25, 0.3) is 6.08 Å². The van der Waals surface area contributed by atoms with E-state index < -0.39 is 11.9 Å². The third-order valence-electron chi connectivity index (χ3n) is 3.03. The van der Waals surface area contributed by atoms with Crippen LogP contribution in [0.3, 0.4) is 0 Å². The Morgan fingerprint density at radius 1 is 1.06 bits per heavy atom. The van der Waals surface area contributed by atoms with Gasteiger partial charge in [0.15, 0.2) is 0 Å². The Labute approximate surface area is 183 Å². The lowest BCUT2D eigenvalue weighted by molar-refractivity contribution is -0.150. The van der Waals surface area contributed by atoms with Crippen LogP contribution in [-0.2, 0) is 33.4 Å². The summed E-state index contributed by atoms with van der Waals surface area (Å²) in [6.45, 7) is 14.4. The first-order valence-corrected chi connectivity index (χ1v) is 9.36. The lowest BCUT2D eigenvalue weighted by Crippen LogP contribution is -2.00. The van der Waals surface area contributed by atoms with Gasteiger partial charge in [-0.3, -0.25) is 0 Å². The van der Waals surface area contributed by atoms with E-state index in [0.29, 0.717) is 12.2 Å². The van der Waals surface area contributed by atoms with Crippen molar-refractivity contribution in [2.75, 3.05) is 13.7 Å². The van der Waals surface area contributed by atoms with Gasteiger partial charge in [0.05, 0.1) is 13.7 Å². The maximum atomic E-state index is 10.3. The van der Waals surface area contributed by atoms with Gasteiger partial charge in [-0.05, 0) is 18.9 Å². The average molecular weight is 430 g/mol. The van der Waals surface area contributed by atoms with Crippen molar-refractivity contribution in [3.8, 4) is 0 Å². The molecule has 1 aromatic carbocycles. The molecule has 0 saturated carbocycles. The predicted octanol–water partition coefficient (Wildman–Crippen LogP) is 4.21. The van der Waals surface area contributed by atoms with Crippen LogP contribution in [0, 0.1) is 0 Å². The van der Waals surface area contributed by atoms with Crippen molar-refractivity contribution in [1.29, 1.82) is 0 Å². The zero-order chi connectivity index (χ0) is 24.1. The summed E-state index contributed by atoms with van der Waals surface area (Å²) in [5.74, 6) is -1.83. The van der Waals surface area contributed by atoms with Crippen LogP contribution in [0.2, 0.25) is 0 Å². The number of carbonyl (C=O) groups excluding carboxylic acids is 4. The number of benzene rings is 1. The predicted molar refractivity (Wildman–Crippen MR) is 120 cm³/mol. The van der Waals surface area contributed by atoms with E-state index in [4.69, 9.17) is 0 Å². The summed E-state index contributed by atoms with van der Waals surface area (Å²) in [5.41, 5.74) is 1.61. The highest BCUT2D eigenvalue weighted by Gasteiger charge is 2.10. The summed E-state index contributed by atoms with van der Waals surface area (Å²) >= 11 is 0. The van der Waals surface area contributed by atoms with Crippen LogP contribution < -0.4 is 0 Å². The molecule has 0 aliphatic carbocycles. The summed E-state index contributed by atoms with van der Waals surface area (Å²) in [6.07, 6.45) is 7.16. The van der Waals surface area contributed by atoms with Crippen molar-refractivity contribution in [2.24, 2.45) is 0 Å². The highest BCUT2D eigenvalue weighted by molar-refractivity contribution is 6.04. The molecule has 31 heavy (non-hydrogen) atoms. The van der Waals surface area contributed by atoms with Gasteiger partial charge in [-0.2, -0.15) is 0 Å². The highest BCUT2D eigenvalue weighted by Crippen LogP contribution is 1.97. The average Bonchev–Trinajstić information content (AvgIpc) is 3.17. The second-order valence-electron chi connectivity index (χ2n) is 5.69. The Kier molecular flexibility index (Phi) is 18.6. The Morgan fingerprint density at radius 2 is 1.61 bits per heavy atom. The molecule has 7 heteroatoms. The van der Waals surface area contributed by atoms with Gasteiger partial charge in [0.2, 0.25) is 0 Å². The van der Waals surface area contributed by atoms with Gasteiger partial charge < -0.3 is 14.2 Å². The molecule has 0 radical (unpaired) electrons. The van der Waals surface area contributed by atoms with Gasteiger partial charge in [0.1, 0.15) is 0 Å². The first-order valence-electron chi connectivity index (χ1n) is 9.36. The molecule has 0 unspecified atom stereocenters. The fourth-order valence-electron chi connectivity index (χ4n) is 1.44. The fraction of sp³-hybridized carbons (Fsp3) is 0.250. The van der Waals surface area contributed by atoms with E-state index in [1.54, 1.807) is 6.92 Å². The largest absolute Gasteiger partial charge is 0.466 e. The topological polar surface area (TPSA) is 96.0 Å². The fourth-order valence-corrected chi connectivity index (χ4v) is 1.44. The maximum absolute atomic E-state index is 10.3. The number of ether oxygens (including phenoxy) is 3. The number of carbonyl (C=O) groups is 4. The van der Waals surface area contributed by atoms with E-state index in [9.17, 15) is 19.2 Å². The quantitative estimate of drug-likeness (QED) is 0.219. The van der Waals surface area contributed by atoms with E-state index in [1.807, 2.05) is 43.3 Å². The molecule has 1 aliphatic rings. The summed E-state index contributed by atoms with van der Waals surface area (Å²) in [4.78, 5) is 40.4. The standard InChI is InChI=1S/C8H8.C7H12O2.C5H8O2.C4H2O3/c1-2-8-6-4-3-5-7-8;1-3-5-6-9-7(8)4-2;1-4(2)5(6)7-3;5-3-1-2-4(6)7-3/h2-7H,1H2;4H,2-3,5-6H2,1H3;1H2,2-3H3;1-2H.